The van der Waals surface area contributed by atoms with Crippen molar-refractivity contribution >= 4 is 29.0 Å². The first-order chi connectivity index (χ1) is 19.0. The van der Waals surface area contributed by atoms with Crippen molar-refractivity contribution < 1.29 is 14.3 Å². The molecule has 0 aliphatic carbocycles. The average Bonchev–Trinajstić information content (AvgIpc) is 3.26. The van der Waals surface area contributed by atoms with E-state index in [1.807, 2.05) is 84.9 Å². The normalized spacial score (nSPS) is 14.8. The Balaban J connectivity index is 1.62. The van der Waals surface area contributed by atoms with Gasteiger partial charge in [-0.3, -0.25) is 14.2 Å². The molecule has 1 N–H and O–H groups in total. The summed E-state index contributed by atoms with van der Waals surface area (Å²) in [5.41, 5.74) is 2.98. The Morgan fingerprint density at radius 2 is 1.85 bits per heavy atom. The molecule has 1 amide bonds. The van der Waals surface area contributed by atoms with Crippen molar-refractivity contribution in [2.75, 3.05) is 19.0 Å². The summed E-state index contributed by atoms with van der Waals surface area (Å²) >= 11 is 1.29. The van der Waals surface area contributed by atoms with Gasteiger partial charge in [0.15, 0.2) is 4.80 Å². The van der Waals surface area contributed by atoms with E-state index in [-0.39, 0.29) is 11.5 Å². The van der Waals surface area contributed by atoms with Gasteiger partial charge in [0.1, 0.15) is 18.1 Å². The lowest BCUT2D eigenvalue weighted by Crippen LogP contribution is -2.40. The summed E-state index contributed by atoms with van der Waals surface area (Å²) in [6, 6.07) is 23.4. The number of methoxy groups -OCH3 is 1. The standard InChI is InChI=1S/C31H27N3O4S/c1-4-17-38-24-15-13-21(14-16-24)18-26-30(36)34-28(22-9-8-12-25(19-22)37-3)27(20(2)32-31(34)39-26)29(35)33-23-10-6-5-7-11-23/h4-16,18-19,28H,1,17H2,2-3H3,(H,33,35)/b26-18-/t28-/m0/s1. The molecule has 0 unspecified atom stereocenters. The minimum atomic E-state index is -0.683. The number of hydrogen-bond acceptors (Lipinski definition) is 6. The van der Waals surface area contributed by atoms with Crippen LogP contribution in [-0.4, -0.2) is 24.2 Å². The number of ether oxygens (including phenoxy) is 2. The van der Waals surface area contributed by atoms with Crippen LogP contribution in [0.4, 0.5) is 5.69 Å². The molecule has 0 saturated carbocycles. The van der Waals surface area contributed by atoms with E-state index in [4.69, 9.17) is 14.5 Å². The molecule has 0 bridgehead atoms. The summed E-state index contributed by atoms with van der Waals surface area (Å²) in [5.74, 6) is 1.03. The summed E-state index contributed by atoms with van der Waals surface area (Å²) in [4.78, 5) is 32.7. The highest BCUT2D eigenvalue weighted by atomic mass is 32.1. The summed E-state index contributed by atoms with van der Waals surface area (Å²) in [6.07, 6.45) is 3.51. The molecule has 7 nitrogen and oxygen atoms in total. The molecule has 8 heteroatoms. The van der Waals surface area contributed by atoms with Gasteiger partial charge in [0.2, 0.25) is 0 Å². The number of aromatic nitrogens is 1. The summed E-state index contributed by atoms with van der Waals surface area (Å²) in [7, 11) is 1.59. The number of carbonyl (C=O) groups is 1. The fourth-order valence-electron chi connectivity index (χ4n) is 4.43. The Morgan fingerprint density at radius 3 is 2.56 bits per heavy atom. The van der Waals surface area contributed by atoms with Crippen LogP contribution in [0.1, 0.15) is 24.1 Å². The molecule has 1 atom stereocenters. The van der Waals surface area contributed by atoms with Gasteiger partial charge in [-0.25, -0.2) is 4.99 Å². The van der Waals surface area contributed by atoms with E-state index in [1.54, 1.807) is 24.7 Å². The summed E-state index contributed by atoms with van der Waals surface area (Å²) in [5, 5.41) is 2.96. The topological polar surface area (TPSA) is 81.9 Å². The lowest BCUT2D eigenvalue weighted by atomic mass is 9.95. The number of nitrogens with one attached hydrogen (secondary N) is 1. The van der Waals surface area contributed by atoms with Crippen molar-refractivity contribution in [2.45, 2.75) is 13.0 Å². The Kier molecular flexibility index (Phi) is 7.56. The molecular formula is C31H27N3O4S. The fourth-order valence-corrected chi connectivity index (χ4v) is 5.47. The minimum absolute atomic E-state index is 0.226. The molecule has 39 heavy (non-hydrogen) atoms. The minimum Gasteiger partial charge on any atom is -0.497 e. The molecule has 0 fully saturated rings. The summed E-state index contributed by atoms with van der Waals surface area (Å²) < 4.78 is 13.1. The molecule has 1 aromatic heterocycles. The second kappa shape index (κ2) is 11.4. The molecule has 0 radical (unpaired) electrons. The van der Waals surface area contributed by atoms with Crippen LogP contribution in [0, 0.1) is 0 Å². The average molecular weight is 538 g/mol. The molecule has 3 aromatic carbocycles. The summed E-state index contributed by atoms with van der Waals surface area (Å²) in [6.45, 7) is 5.88. The second-order valence-electron chi connectivity index (χ2n) is 8.85. The first kappa shape index (κ1) is 25.9. The number of allylic oxidation sites excluding steroid dienone is 1. The Labute approximate surface area is 229 Å². The highest BCUT2D eigenvalue weighted by Crippen LogP contribution is 2.32. The zero-order chi connectivity index (χ0) is 27.4. The third kappa shape index (κ3) is 5.46. The highest BCUT2D eigenvalue weighted by molar-refractivity contribution is 7.07. The number of amides is 1. The van der Waals surface area contributed by atoms with E-state index >= 15 is 0 Å². The van der Waals surface area contributed by atoms with Crippen molar-refractivity contribution in [1.29, 1.82) is 0 Å². The van der Waals surface area contributed by atoms with Crippen molar-refractivity contribution in [3.8, 4) is 11.5 Å². The van der Waals surface area contributed by atoms with Crippen molar-refractivity contribution in [1.82, 2.24) is 4.57 Å². The van der Waals surface area contributed by atoms with Gasteiger partial charge in [-0.15, -0.1) is 0 Å². The molecule has 1 aliphatic rings. The Hall–Kier alpha value is -4.69. The second-order valence-corrected chi connectivity index (χ2v) is 9.86. The Bertz CT molecular complexity index is 1740. The van der Waals surface area contributed by atoms with E-state index in [0.717, 1.165) is 16.9 Å². The smallest absolute Gasteiger partial charge is 0.271 e. The van der Waals surface area contributed by atoms with Crippen LogP contribution in [0.2, 0.25) is 0 Å². The van der Waals surface area contributed by atoms with Crippen LogP contribution >= 0.6 is 11.3 Å². The number of fused-ring (bicyclic) bond motifs is 1. The zero-order valence-electron chi connectivity index (χ0n) is 21.6. The number of para-hydroxylation sites is 1. The fraction of sp³-hybridized carbons (Fsp3) is 0.129. The number of anilines is 1. The first-order valence-electron chi connectivity index (χ1n) is 12.3. The SMILES string of the molecule is C=CCOc1ccc(/C=c2\sc3n(c2=O)[C@@H](c2cccc(OC)c2)C(C(=O)Nc2ccccc2)=C(C)N=3)cc1. The van der Waals surface area contributed by atoms with Crippen LogP contribution in [0.25, 0.3) is 6.08 Å². The maximum absolute atomic E-state index is 13.9. The lowest BCUT2D eigenvalue weighted by Gasteiger charge is -2.25. The van der Waals surface area contributed by atoms with Gasteiger partial charge in [0.05, 0.1) is 29.0 Å². The largest absolute Gasteiger partial charge is 0.497 e. The van der Waals surface area contributed by atoms with E-state index in [0.29, 0.717) is 38.6 Å². The van der Waals surface area contributed by atoms with E-state index in [2.05, 4.69) is 11.9 Å². The predicted molar refractivity (Wildman–Crippen MR) is 154 cm³/mol. The van der Waals surface area contributed by atoms with Crippen LogP contribution in [-0.2, 0) is 4.79 Å². The van der Waals surface area contributed by atoms with E-state index in [9.17, 15) is 9.59 Å². The number of carbonyl (C=O) groups excluding carboxylic acids is 1. The molecule has 196 valence electrons. The van der Waals surface area contributed by atoms with Gasteiger partial charge in [0, 0.05) is 5.69 Å². The van der Waals surface area contributed by atoms with Gasteiger partial charge in [-0.2, -0.15) is 0 Å². The Morgan fingerprint density at radius 1 is 1.08 bits per heavy atom. The lowest BCUT2D eigenvalue weighted by molar-refractivity contribution is -0.113. The van der Waals surface area contributed by atoms with E-state index in [1.165, 1.54) is 11.3 Å². The van der Waals surface area contributed by atoms with Gasteiger partial charge in [0.25, 0.3) is 11.5 Å². The molecule has 4 aromatic rings. The third-order valence-corrected chi connectivity index (χ3v) is 7.24. The highest BCUT2D eigenvalue weighted by Gasteiger charge is 2.32. The molecule has 5 rings (SSSR count). The predicted octanol–water partition coefficient (Wildman–Crippen LogP) is 4.45. The molecule has 0 spiro atoms. The monoisotopic (exact) mass is 537 g/mol. The molecule has 0 saturated heterocycles. The van der Waals surface area contributed by atoms with Gasteiger partial charge in [-0.1, -0.05) is 66.5 Å². The maximum Gasteiger partial charge on any atom is 0.271 e. The van der Waals surface area contributed by atoms with Gasteiger partial charge < -0.3 is 14.8 Å². The number of benzene rings is 3. The number of rotatable bonds is 8. The van der Waals surface area contributed by atoms with Crippen LogP contribution in [0.3, 0.4) is 0 Å². The van der Waals surface area contributed by atoms with Gasteiger partial charge >= 0.3 is 0 Å². The maximum atomic E-state index is 13.9. The zero-order valence-corrected chi connectivity index (χ0v) is 22.4. The van der Waals surface area contributed by atoms with Crippen molar-refractivity contribution in [2.24, 2.45) is 4.99 Å². The number of hydrogen-bond donors (Lipinski definition) is 1. The molecule has 1 aliphatic heterocycles. The quantitative estimate of drug-likeness (QED) is 0.337. The molecular weight excluding hydrogens is 510 g/mol. The number of thiazole rings is 1. The first-order valence-corrected chi connectivity index (χ1v) is 13.2. The number of nitrogens with zero attached hydrogens (tertiary/aromatic N) is 2. The molecule has 2 heterocycles. The van der Waals surface area contributed by atoms with Gasteiger partial charge in [-0.05, 0) is 60.5 Å². The van der Waals surface area contributed by atoms with Crippen LogP contribution < -0.4 is 29.7 Å². The van der Waals surface area contributed by atoms with Crippen molar-refractivity contribution in [3.05, 3.63) is 134 Å². The third-order valence-electron chi connectivity index (χ3n) is 6.25. The van der Waals surface area contributed by atoms with Crippen LogP contribution in [0.5, 0.6) is 11.5 Å². The van der Waals surface area contributed by atoms with Crippen LogP contribution in [0.15, 0.2) is 113 Å². The van der Waals surface area contributed by atoms with E-state index < -0.39 is 6.04 Å². The van der Waals surface area contributed by atoms with Crippen molar-refractivity contribution in [3.63, 3.8) is 0 Å².